The summed E-state index contributed by atoms with van der Waals surface area (Å²) in [6.07, 6.45) is 5.06. The predicted octanol–water partition coefficient (Wildman–Crippen LogP) is 5.61. The minimum absolute atomic E-state index is 0.00969. The normalized spacial score (nSPS) is 18.7. The average Bonchev–Trinajstić information content (AvgIpc) is 3.66. The topological polar surface area (TPSA) is 134 Å². The molecule has 3 unspecified atom stereocenters. The minimum atomic E-state index is -0.00969. The van der Waals surface area contributed by atoms with Crippen molar-refractivity contribution < 1.29 is 14.4 Å². The molecule has 3 heterocycles. The lowest BCUT2D eigenvalue weighted by Gasteiger charge is -2.30. The number of fused-ring (bicyclic) bond motifs is 3. The molecule has 2 fully saturated rings. The van der Waals surface area contributed by atoms with Crippen LogP contribution >= 0.6 is 11.6 Å². The predicted molar refractivity (Wildman–Crippen MR) is 164 cm³/mol. The number of H-pyrrole nitrogens is 1. The Kier molecular flexibility index (Phi) is 15.9. The van der Waals surface area contributed by atoms with Gasteiger partial charge in [0, 0.05) is 11.4 Å². The zero-order valence-corrected chi connectivity index (χ0v) is 25.5. The first-order valence-electron chi connectivity index (χ1n) is 13.6. The molecule has 1 amide bonds. The van der Waals surface area contributed by atoms with E-state index in [2.05, 4.69) is 58.8 Å². The number of nitrogens with one attached hydrogen (secondary N) is 2. The molecule has 220 valence electrons. The van der Waals surface area contributed by atoms with Crippen LogP contribution in [0.3, 0.4) is 0 Å². The molecule has 3 atom stereocenters. The van der Waals surface area contributed by atoms with Crippen LogP contribution in [0.5, 0.6) is 0 Å². The number of likely N-dealkylation sites (N-methyl/N-ethyl adjacent to an activating group) is 1. The van der Waals surface area contributed by atoms with Crippen molar-refractivity contribution in [3.8, 4) is 0 Å². The van der Waals surface area contributed by atoms with Crippen molar-refractivity contribution in [3.63, 3.8) is 0 Å². The van der Waals surface area contributed by atoms with Gasteiger partial charge in [-0.05, 0) is 76.2 Å². The SMILES string of the molecule is CC(C)C(C)C.CC=O.CN.CN1C2CCC(C2)C1C(=O)Nc1cccc(Cl)n1.O=Cc1[nH]nc2ccccc12. The molecule has 1 saturated heterocycles. The van der Waals surface area contributed by atoms with Gasteiger partial charge >= 0.3 is 0 Å². The quantitative estimate of drug-likeness (QED) is 0.273. The van der Waals surface area contributed by atoms with Gasteiger partial charge in [0.1, 0.15) is 23.0 Å². The van der Waals surface area contributed by atoms with E-state index in [4.69, 9.17) is 16.4 Å². The number of rotatable bonds is 4. The van der Waals surface area contributed by atoms with E-state index in [1.807, 2.05) is 31.3 Å². The minimum Gasteiger partial charge on any atom is -0.333 e. The van der Waals surface area contributed by atoms with Gasteiger partial charge in [0.25, 0.3) is 0 Å². The van der Waals surface area contributed by atoms with Gasteiger partial charge in [0.15, 0.2) is 6.29 Å². The molecule has 2 aliphatic rings. The third-order valence-corrected chi connectivity index (χ3v) is 7.29. The number of para-hydroxylation sites is 1. The van der Waals surface area contributed by atoms with Crippen LogP contribution in [0.4, 0.5) is 5.82 Å². The van der Waals surface area contributed by atoms with E-state index >= 15 is 0 Å². The molecule has 1 saturated carbocycles. The summed E-state index contributed by atoms with van der Waals surface area (Å²) in [5.41, 5.74) is 5.87. The number of halogens is 1. The van der Waals surface area contributed by atoms with Gasteiger partial charge in [-0.1, -0.05) is 63.6 Å². The van der Waals surface area contributed by atoms with Crippen molar-refractivity contribution in [2.45, 2.75) is 66.0 Å². The first-order valence-corrected chi connectivity index (χ1v) is 14.0. The third-order valence-electron chi connectivity index (χ3n) is 7.08. The number of piperidine rings is 1. The second-order valence-corrected chi connectivity index (χ2v) is 10.6. The number of nitrogens with zero attached hydrogens (tertiary/aromatic N) is 3. The highest BCUT2D eigenvalue weighted by Gasteiger charge is 2.47. The summed E-state index contributed by atoms with van der Waals surface area (Å²) in [7, 11) is 3.54. The van der Waals surface area contributed by atoms with E-state index < -0.39 is 0 Å². The number of pyridine rings is 1. The van der Waals surface area contributed by atoms with Crippen LogP contribution in [0.1, 0.15) is 64.4 Å². The van der Waals surface area contributed by atoms with E-state index in [-0.39, 0.29) is 11.9 Å². The zero-order chi connectivity index (χ0) is 30.2. The third kappa shape index (κ3) is 10.4. The molecule has 0 spiro atoms. The number of likely N-dealkylation sites (tertiary alicyclic amines) is 1. The van der Waals surface area contributed by atoms with Gasteiger partial charge in [-0.25, -0.2) is 4.98 Å². The second-order valence-electron chi connectivity index (χ2n) is 10.2. The van der Waals surface area contributed by atoms with Crippen LogP contribution in [0.15, 0.2) is 42.5 Å². The number of carbonyl (C=O) groups excluding carboxylic acids is 3. The Hall–Kier alpha value is -3.14. The summed E-state index contributed by atoms with van der Waals surface area (Å²) in [5.74, 6) is 2.78. The number of aldehydes is 2. The average molecular weight is 573 g/mol. The van der Waals surface area contributed by atoms with E-state index in [0.717, 1.165) is 48.2 Å². The van der Waals surface area contributed by atoms with Crippen molar-refractivity contribution in [1.29, 1.82) is 0 Å². The molecule has 3 aromatic rings. The summed E-state index contributed by atoms with van der Waals surface area (Å²) in [6.45, 7) is 10.4. The van der Waals surface area contributed by atoms with Crippen molar-refractivity contribution in [3.05, 3.63) is 53.3 Å². The summed E-state index contributed by atoms with van der Waals surface area (Å²) in [5, 5.41) is 10.7. The van der Waals surface area contributed by atoms with E-state index in [1.165, 1.54) is 20.4 Å². The Morgan fingerprint density at radius 1 is 1.07 bits per heavy atom. The number of nitrogens with two attached hydrogens (primary N) is 1. The molecule has 1 aliphatic carbocycles. The van der Waals surface area contributed by atoms with E-state index in [9.17, 15) is 9.59 Å². The fraction of sp³-hybridized carbons (Fsp3) is 0.500. The molecule has 1 aromatic carbocycles. The van der Waals surface area contributed by atoms with Crippen molar-refractivity contribution in [1.82, 2.24) is 20.1 Å². The van der Waals surface area contributed by atoms with Crippen molar-refractivity contribution >= 4 is 46.8 Å². The summed E-state index contributed by atoms with van der Waals surface area (Å²) in [6, 6.07) is 13.3. The van der Waals surface area contributed by atoms with Gasteiger partial charge in [-0.3, -0.25) is 19.6 Å². The molecule has 1 aliphatic heterocycles. The van der Waals surface area contributed by atoms with Gasteiger partial charge in [0.2, 0.25) is 5.91 Å². The molecule has 40 heavy (non-hydrogen) atoms. The fourth-order valence-corrected chi connectivity index (χ4v) is 4.52. The van der Waals surface area contributed by atoms with Gasteiger partial charge in [-0.2, -0.15) is 5.10 Å². The summed E-state index contributed by atoms with van der Waals surface area (Å²) < 4.78 is 0. The van der Waals surface area contributed by atoms with Gasteiger partial charge in [-0.15, -0.1) is 0 Å². The molecule has 2 bridgehead atoms. The number of aromatic amines is 1. The van der Waals surface area contributed by atoms with Crippen molar-refractivity contribution in [2.24, 2.45) is 23.5 Å². The van der Waals surface area contributed by atoms with Crippen LogP contribution in [-0.4, -0.2) is 64.7 Å². The van der Waals surface area contributed by atoms with Gasteiger partial charge < -0.3 is 15.8 Å². The number of aromatic nitrogens is 3. The number of hydrogen-bond donors (Lipinski definition) is 3. The van der Waals surface area contributed by atoms with Crippen LogP contribution in [-0.2, 0) is 9.59 Å². The van der Waals surface area contributed by atoms with Crippen molar-refractivity contribution in [2.75, 3.05) is 19.4 Å². The maximum absolute atomic E-state index is 12.3. The smallest absolute Gasteiger partial charge is 0.243 e. The number of benzene rings is 1. The highest BCUT2D eigenvalue weighted by molar-refractivity contribution is 6.29. The van der Waals surface area contributed by atoms with Crippen LogP contribution in [0.25, 0.3) is 10.9 Å². The second kappa shape index (κ2) is 18.3. The lowest BCUT2D eigenvalue weighted by Crippen LogP contribution is -2.45. The lowest BCUT2D eigenvalue weighted by atomic mass is 9.98. The molecular formula is C30H45ClN6O3. The summed E-state index contributed by atoms with van der Waals surface area (Å²) in [4.78, 5) is 37.8. The van der Waals surface area contributed by atoms with Crippen LogP contribution in [0, 0.1) is 17.8 Å². The Balaban J connectivity index is 0.000000310. The summed E-state index contributed by atoms with van der Waals surface area (Å²) >= 11 is 5.81. The Bertz CT molecular complexity index is 1170. The number of amides is 1. The number of hydrogen-bond acceptors (Lipinski definition) is 7. The highest BCUT2D eigenvalue weighted by atomic mass is 35.5. The molecule has 5 rings (SSSR count). The molecular weight excluding hydrogens is 528 g/mol. The molecule has 4 N–H and O–H groups in total. The zero-order valence-electron chi connectivity index (χ0n) is 24.7. The van der Waals surface area contributed by atoms with Crippen LogP contribution < -0.4 is 11.1 Å². The maximum Gasteiger partial charge on any atom is 0.243 e. The van der Waals surface area contributed by atoms with E-state index in [1.54, 1.807) is 18.2 Å². The number of anilines is 1. The Morgan fingerprint density at radius 3 is 2.23 bits per heavy atom. The molecule has 0 radical (unpaired) electrons. The van der Waals surface area contributed by atoms with E-state index in [0.29, 0.717) is 28.6 Å². The first-order chi connectivity index (χ1) is 19.1. The fourth-order valence-electron chi connectivity index (χ4n) is 4.35. The van der Waals surface area contributed by atoms with Crippen LogP contribution in [0.2, 0.25) is 5.15 Å². The maximum atomic E-state index is 12.3. The molecule has 2 aromatic heterocycles. The lowest BCUT2D eigenvalue weighted by molar-refractivity contribution is -0.122. The largest absolute Gasteiger partial charge is 0.333 e. The molecule has 10 heteroatoms. The highest BCUT2D eigenvalue weighted by Crippen LogP contribution is 2.41. The molecule has 9 nitrogen and oxygen atoms in total. The Morgan fingerprint density at radius 2 is 1.70 bits per heavy atom. The first kappa shape index (κ1) is 34.9. The van der Waals surface area contributed by atoms with Gasteiger partial charge in [0.05, 0.1) is 11.6 Å². The standard InChI is InChI=1S/C13H16ClN3O.C8H6N2O.C6H14.C2H4O.CH5N/c1-17-9-6-5-8(7-9)12(17)13(18)16-11-4-2-3-10(14)15-11;11-5-8-6-3-1-2-4-7(6)9-10-8;1-5(2)6(3)4;1-2-3;1-2/h2-4,8-9,12H,5-7H2,1H3,(H,15,16,18);1-5H,(H,9,10);5-6H,1-4H3;2H,1H3;2H2,1H3. The number of carbonyl (C=O) groups is 3. The monoisotopic (exact) mass is 572 g/mol. The Labute approximate surface area is 243 Å².